The molecule has 0 atom stereocenters. The van der Waals surface area contributed by atoms with E-state index in [9.17, 15) is 0 Å². The molecule has 6 heteroatoms. The Labute approximate surface area is 337 Å². The summed E-state index contributed by atoms with van der Waals surface area (Å²) in [5, 5.41) is 2.24. The zero-order chi connectivity index (χ0) is 38.0. The first kappa shape index (κ1) is 34.7. The molecular formula is C50H40N4OPt-2. The number of benzene rings is 5. The van der Waals surface area contributed by atoms with Crippen LogP contribution < -0.4 is 4.74 Å². The van der Waals surface area contributed by atoms with Crippen molar-refractivity contribution in [3.63, 3.8) is 0 Å². The molecule has 4 bridgehead atoms. The van der Waals surface area contributed by atoms with Gasteiger partial charge in [0.1, 0.15) is 0 Å². The molecule has 5 aromatic carbocycles. The Hall–Kier alpha value is -5.77. The molecule has 0 radical (unpaired) electrons. The Morgan fingerprint density at radius 2 is 1.45 bits per heavy atom. The van der Waals surface area contributed by atoms with Gasteiger partial charge in [-0.3, -0.25) is 0 Å². The monoisotopic (exact) mass is 907 g/mol. The maximum atomic E-state index is 6.62. The van der Waals surface area contributed by atoms with Crippen molar-refractivity contribution in [1.29, 1.82) is 0 Å². The predicted octanol–water partition coefficient (Wildman–Crippen LogP) is 11.5. The first-order valence-corrected chi connectivity index (χ1v) is 20.4. The number of ether oxygens (including phenoxy) is 1. The van der Waals surface area contributed by atoms with Crippen LogP contribution in [0.3, 0.4) is 0 Å². The molecule has 0 saturated heterocycles. The number of nitrogens with zero attached hydrogens (tertiary/aromatic N) is 4. The molecule has 4 aromatic heterocycles. The summed E-state index contributed by atoms with van der Waals surface area (Å²) in [6.07, 6.45) is 8.14. The van der Waals surface area contributed by atoms with Gasteiger partial charge in [0.05, 0.1) is 0 Å². The van der Waals surface area contributed by atoms with Crippen LogP contribution in [0.5, 0.6) is 11.5 Å². The first-order chi connectivity index (χ1) is 27.3. The van der Waals surface area contributed by atoms with E-state index in [4.69, 9.17) is 9.72 Å². The van der Waals surface area contributed by atoms with Gasteiger partial charge in [0.15, 0.2) is 0 Å². The number of aryl methyl sites for hydroxylation is 4. The maximum absolute atomic E-state index is 6.62. The van der Waals surface area contributed by atoms with Crippen molar-refractivity contribution < 1.29 is 24.1 Å². The van der Waals surface area contributed by atoms with E-state index in [1.54, 1.807) is 0 Å². The molecule has 4 aliphatic rings. The van der Waals surface area contributed by atoms with Gasteiger partial charge < -0.3 is 0 Å². The molecule has 0 saturated carbocycles. The van der Waals surface area contributed by atoms with Crippen LogP contribution in [0.4, 0.5) is 0 Å². The van der Waals surface area contributed by atoms with Crippen LogP contribution in [0.2, 0.25) is 0 Å². The summed E-state index contributed by atoms with van der Waals surface area (Å²) in [5.74, 6) is 2.11. The van der Waals surface area contributed by atoms with Gasteiger partial charge in [-0.15, -0.1) is 0 Å². The van der Waals surface area contributed by atoms with Gasteiger partial charge in [0.25, 0.3) is 0 Å². The summed E-state index contributed by atoms with van der Waals surface area (Å²) in [4.78, 5) is 4.90. The van der Waals surface area contributed by atoms with Crippen molar-refractivity contribution in [1.82, 2.24) is 18.5 Å². The number of pyridine rings is 2. The summed E-state index contributed by atoms with van der Waals surface area (Å²) >= 11 is 2.47. The van der Waals surface area contributed by atoms with Crippen LogP contribution in [-0.4, -0.2) is 18.5 Å². The average molecular weight is 908 g/mol. The van der Waals surface area contributed by atoms with E-state index < -0.39 is 0 Å². The van der Waals surface area contributed by atoms with Crippen molar-refractivity contribution in [2.24, 2.45) is 0 Å². The summed E-state index contributed by atoms with van der Waals surface area (Å²) < 4.78 is 14.6. The summed E-state index contributed by atoms with van der Waals surface area (Å²) in [5.41, 5.74) is 13.1. The average Bonchev–Trinajstić information content (AvgIpc) is 3.73. The molecule has 2 aliphatic carbocycles. The van der Waals surface area contributed by atoms with Gasteiger partial charge in [0.2, 0.25) is 0 Å². The summed E-state index contributed by atoms with van der Waals surface area (Å²) in [7, 11) is 0. The molecular weight excluding hydrogens is 868 g/mol. The van der Waals surface area contributed by atoms with Gasteiger partial charge >= 0.3 is 248 Å². The third-order valence-electron chi connectivity index (χ3n) is 11.1. The fourth-order valence-electron chi connectivity index (χ4n) is 8.06. The van der Waals surface area contributed by atoms with Crippen LogP contribution in [0.1, 0.15) is 48.7 Å². The Morgan fingerprint density at radius 3 is 2.25 bits per heavy atom. The van der Waals surface area contributed by atoms with Crippen LogP contribution in [0.15, 0.2) is 140 Å². The summed E-state index contributed by atoms with van der Waals surface area (Å²) in [6.45, 7) is 6.70. The molecule has 0 fully saturated rings. The summed E-state index contributed by atoms with van der Waals surface area (Å²) in [6, 6.07) is 52.9. The fourth-order valence-corrected chi connectivity index (χ4v) is 9.08. The molecule has 0 amide bonds. The van der Waals surface area contributed by atoms with E-state index in [1.165, 1.54) is 44.6 Å². The molecule has 0 N–H and O–H groups in total. The normalized spacial score (nSPS) is 13.1. The molecule has 0 spiro atoms. The molecule has 278 valence electrons. The van der Waals surface area contributed by atoms with E-state index in [0.717, 1.165) is 62.8 Å². The number of hydrogen-bond acceptors (Lipinski definition) is 2. The van der Waals surface area contributed by atoms with Gasteiger partial charge in [-0.05, 0) is 28.2 Å². The van der Waals surface area contributed by atoms with Crippen molar-refractivity contribution in [3.8, 4) is 34.1 Å². The molecule has 13 rings (SSSR count). The fraction of sp³-hybridized carbons (Fsp3) is 0.160. The van der Waals surface area contributed by atoms with Crippen molar-refractivity contribution in [2.45, 2.75) is 51.9 Å². The van der Waals surface area contributed by atoms with Crippen LogP contribution in [0.25, 0.3) is 50.0 Å². The van der Waals surface area contributed by atoms with Crippen LogP contribution >= 0.6 is 0 Å². The van der Waals surface area contributed by atoms with Crippen LogP contribution in [-0.2, 0) is 50.5 Å². The van der Waals surface area contributed by atoms with E-state index in [1.807, 2.05) is 24.4 Å². The van der Waals surface area contributed by atoms with E-state index in [-0.39, 0.29) is 5.41 Å². The Bertz CT molecular complexity index is 3000. The topological polar surface area (TPSA) is 36.4 Å². The molecule has 56 heavy (non-hydrogen) atoms. The van der Waals surface area contributed by atoms with E-state index in [2.05, 4.69) is 181 Å². The van der Waals surface area contributed by atoms with Gasteiger partial charge in [-0.1, -0.05) is 57.2 Å². The quantitative estimate of drug-likeness (QED) is 0.161. The van der Waals surface area contributed by atoms with Crippen LogP contribution in [0, 0.1) is 15.9 Å². The molecule has 6 heterocycles. The number of hydrogen-bond donors (Lipinski definition) is 0. The Morgan fingerprint density at radius 1 is 0.661 bits per heavy atom. The second-order valence-corrected chi connectivity index (χ2v) is 16.8. The number of imidazole rings is 1. The molecule has 5 nitrogen and oxygen atoms in total. The van der Waals surface area contributed by atoms with Crippen molar-refractivity contribution in [2.75, 3.05) is 0 Å². The molecule has 9 aromatic rings. The minimum atomic E-state index is -0.0267. The first-order valence-electron chi connectivity index (χ1n) is 19.3. The SMILES string of the molecule is CC(C)(C)c1ccnc(-n2c3[c-]c(Oc4[c-]c(-n5cc6c7ccc(n6[c]5=[Pt])CCc5ccc(cc5)CC7)ccc4)ccc3c3cc(-c4ccccc4)ccc32)c1. The Balaban J connectivity index is 1.05. The van der Waals surface area contributed by atoms with Gasteiger partial charge in [-0.2, -0.15) is 0 Å². The third-order valence-corrected chi connectivity index (χ3v) is 12.2. The number of aromatic nitrogens is 4. The minimum absolute atomic E-state index is 0.0267. The molecule has 2 aliphatic heterocycles. The standard InChI is InChI=1S/C50H40N4O.Pt/c1-50(2,3)39-26-27-51-49(29-39)54-46-25-20-38(36-8-5-4-6-9-36)28-45(46)44-24-23-43(31-47(44)54)55-42-11-7-10-41(30-42)52-32-48-37-18-16-34-12-14-35(15-13-34)17-21-40(22-19-37)53(48)33-52;/h4-15,19-20,22-29,32H,16-18,21H2,1-3H3;/q-2;. The van der Waals surface area contributed by atoms with E-state index in [0.29, 0.717) is 11.5 Å². The van der Waals surface area contributed by atoms with Gasteiger partial charge in [-0.25, -0.2) is 0 Å². The molecule has 0 unspecified atom stereocenters. The van der Waals surface area contributed by atoms with Crippen molar-refractivity contribution >= 4 is 27.3 Å². The zero-order valence-electron chi connectivity index (χ0n) is 31.6. The zero-order valence-corrected chi connectivity index (χ0v) is 33.9. The van der Waals surface area contributed by atoms with E-state index >= 15 is 0 Å². The third kappa shape index (κ3) is 6.25. The second kappa shape index (κ2) is 13.8. The van der Waals surface area contributed by atoms with Crippen molar-refractivity contribution in [3.05, 3.63) is 184 Å². The number of rotatable bonds is 5. The second-order valence-electron chi connectivity index (χ2n) is 15.8. The Kier molecular flexibility index (Phi) is 8.52. The van der Waals surface area contributed by atoms with Gasteiger partial charge in [0, 0.05) is 6.20 Å². The predicted molar refractivity (Wildman–Crippen MR) is 222 cm³/mol. The number of fused-ring (bicyclic) bond motifs is 3.